The fraction of sp³-hybridized carbons (Fsp3) is 0.526. The molecular weight excluding hydrogens is 270 g/mol. The van der Waals surface area contributed by atoms with Gasteiger partial charge in [0, 0.05) is 31.4 Å². The highest BCUT2D eigenvalue weighted by Crippen LogP contribution is 2.37. The number of nitrogens with zero attached hydrogens (tertiary/aromatic N) is 3. The normalized spacial score (nSPS) is 20.7. The Morgan fingerprint density at radius 2 is 1.91 bits per heavy atom. The van der Waals surface area contributed by atoms with Crippen molar-refractivity contribution in [2.75, 3.05) is 20.1 Å². The van der Waals surface area contributed by atoms with Crippen LogP contribution in [-0.2, 0) is 6.42 Å². The Hall–Kier alpha value is -1.77. The van der Waals surface area contributed by atoms with E-state index in [2.05, 4.69) is 62.4 Å². The van der Waals surface area contributed by atoms with E-state index in [1.807, 2.05) is 0 Å². The number of hydrogen-bond acceptors (Lipinski definition) is 3. The lowest BCUT2D eigenvalue weighted by Crippen LogP contribution is -2.47. The summed E-state index contributed by atoms with van der Waals surface area (Å²) in [6.45, 7) is 13.4. The van der Waals surface area contributed by atoms with Gasteiger partial charge in [0.05, 0.1) is 5.69 Å². The largest absolute Gasteiger partial charge is 0.342 e. The van der Waals surface area contributed by atoms with Crippen LogP contribution in [-0.4, -0.2) is 35.9 Å². The Kier molecular flexibility index (Phi) is 3.75. The molecule has 0 radical (unpaired) electrons. The predicted molar refractivity (Wildman–Crippen MR) is 94.3 cm³/mol. The van der Waals surface area contributed by atoms with Crippen molar-refractivity contribution in [2.24, 2.45) is 10.4 Å². The first-order valence-corrected chi connectivity index (χ1v) is 8.31. The zero-order valence-corrected chi connectivity index (χ0v) is 14.3. The molecule has 0 atom stereocenters. The average Bonchev–Trinajstić information content (AvgIpc) is 2.50. The molecule has 0 unspecified atom stereocenters. The summed E-state index contributed by atoms with van der Waals surface area (Å²) in [5.74, 6) is 1.06. The van der Waals surface area contributed by atoms with E-state index < -0.39 is 0 Å². The van der Waals surface area contributed by atoms with Gasteiger partial charge in [-0.2, -0.15) is 0 Å². The molecule has 2 heterocycles. The molecule has 0 aromatic heterocycles. The zero-order chi connectivity index (χ0) is 15.9. The molecule has 0 N–H and O–H groups in total. The third-order valence-corrected chi connectivity index (χ3v) is 5.13. The molecule has 1 fully saturated rings. The predicted octanol–water partition coefficient (Wildman–Crippen LogP) is 4.27. The Bertz CT molecular complexity index is 618. The quantitative estimate of drug-likeness (QED) is 0.770. The van der Waals surface area contributed by atoms with Crippen molar-refractivity contribution in [3.05, 3.63) is 35.9 Å². The number of fused-ring (bicyclic) bond motifs is 1. The third kappa shape index (κ3) is 2.53. The molecule has 1 aromatic carbocycles. The van der Waals surface area contributed by atoms with Crippen molar-refractivity contribution in [1.29, 1.82) is 0 Å². The van der Waals surface area contributed by atoms with Crippen molar-refractivity contribution in [3.8, 4) is 0 Å². The van der Waals surface area contributed by atoms with Gasteiger partial charge in [0.25, 0.3) is 0 Å². The van der Waals surface area contributed by atoms with Crippen LogP contribution in [0.25, 0.3) is 5.70 Å². The van der Waals surface area contributed by atoms with Crippen molar-refractivity contribution in [1.82, 2.24) is 9.80 Å². The maximum atomic E-state index is 5.03. The highest BCUT2D eigenvalue weighted by atomic mass is 15.4. The van der Waals surface area contributed by atoms with Gasteiger partial charge in [-0.3, -0.25) is 0 Å². The summed E-state index contributed by atoms with van der Waals surface area (Å²) in [5.41, 5.74) is 5.10. The maximum Gasteiger partial charge on any atom is 0.206 e. The molecule has 3 heteroatoms. The second kappa shape index (κ2) is 5.45. The molecule has 22 heavy (non-hydrogen) atoms. The minimum absolute atomic E-state index is 0.452. The second-order valence-electron chi connectivity index (χ2n) is 7.24. The van der Waals surface area contributed by atoms with Gasteiger partial charge in [-0.25, -0.2) is 4.99 Å². The highest BCUT2D eigenvalue weighted by Gasteiger charge is 2.31. The number of benzene rings is 1. The molecule has 0 aliphatic carbocycles. The lowest BCUT2D eigenvalue weighted by Gasteiger charge is -2.42. The van der Waals surface area contributed by atoms with Crippen LogP contribution >= 0.6 is 0 Å². The van der Waals surface area contributed by atoms with Gasteiger partial charge in [-0.15, -0.1) is 0 Å². The Morgan fingerprint density at radius 3 is 2.55 bits per heavy atom. The molecular formula is C19H27N3. The number of rotatable bonds is 1. The summed E-state index contributed by atoms with van der Waals surface area (Å²) < 4.78 is 0. The smallest absolute Gasteiger partial charge is 0.206 e. The average molecular weight is 297 g/mol. The molecule has 1 saturated heterocycles. The first kappa shape index (κ1) is 15.1. The Morgan fingerprint density at radius 1 is 1.23 bits per heavy atom. The van der Waals surface area contributed by atoms with Crippen LogP contribution in [0.4, 0.5) is 5.69 Å². The number of para-hydroxylation sites is 1. The van der Waals surface area contributed by atoms with Crippen LogP contribution in [0.2, 0.25) is 0 Å². The van der Waals surface area contributed by atoms with Crippen molar-refractivity contribution >= 4 is 17.3 Å². The molecule has 0 saturated carbocycles. The van der Waals surface area contributed by atoms with Crippen LogP contribution < -0.4 is 0 Å². The van der Waals surface area contributed by atoms with E-state index >= 15 is 0 Å². The van der Waals surface area contributed by atoms with E-state index in [-0.39, 0.29) is 0 Å². The molecule has 3 rings (SSSR count). The summed E-state index contributed by atoms with van der Waals surface area (Å²) in [7, 11) is 2.09. The van der Waals surface area contributed by atoms with E-state index in [9.17, 15) is 0 Å². The van der Waals surface area contributed by atoms with Crippen LogP contribution in [0.1, 0.15) is 44.7 Å². The van der Waals surface area contributed by atoms with Gasteiger partial charge in [0.2, 0.25) is 5.96 Å². The van der Waals surface area contributed by atoms with Crippen molar-refractivity contribution in [3.63, 3.8) is 0 Å². The number of piperidine rings is 1. The van der Waals surface area contributed by atoms with Crippen molar-refractivity contribution < 1.29 is 0 Å². The van der Waals surface area contributed by atoms with Gasteiger partial charge in [0.15, 0.2) is 0 Å². The Labute approximate surface area is 134 Å². The summed E-state index contributed by atoms with van der Waals surface area (Å²) in [5, 5.41) is 0. The Balaban J connectivity index is 1.98. The minimum atomic E-state index is 0.452. The molecule has 2 aliphatic rings. The number of guanidine groups is 1. The zero-order valence-electron chi connectivity index (χ0n) is 14.3. The second-order valence-corrected chi connectivity index (χ2v) is 7.24. The number of aryl methyl sites for hydroxylation is 1. The fourth-order valence-corrected chi connectivity index (χ4v) is 3.31. The van der Waals surface area contributed by atoms with E-state index in [1.54, 1.807) is 0 Å². The van der Waals surface area contributed by atoms with Gasteiger partial charge in [-0.05, 0) is 30.2 Å². The third-order valence-electron chi connectivity index (χ3n) is 5.13. The van der Waals surface area contributed by atoms with E-state index in [1.165, 1.54) is 24.0 Å². The summed E-state index contributed by atoms with van der Waals surface area (Å²) >= 11 is 0. The number of aliphatic imine (C=N–C) groups is 1. The molecule has 2 aliphatic heterocycles. The SMILES string of the molecule is C=C1c2cccc(CC)c2N=C(N2CCC(C)(C)CC2)N1C. The summed E-state index contributed by atoms with van der Waals surface area (Å²) in [4.78, 5) is 9.60. The minimum Gasteiger partial charge on any atom is -0.342 e. The molecule has 0 spiro atoms. The van der Waals surface area contributed by atoms with E-state index in [4.69, 9.17) is 4.99 Å². The lowest BCUT2D eigenvalue weighted by atomic mass is 9.83. The molecule has 1 aromatic rings. The summed E-state index contributed by atoms with van der Waals surface area (Å²) in [6, 6.07) is 6.42. The monoisotopic (exact) mass is 297 g/mol. The van der Waals surface area contributed by atoms with Gasteiger partial charge in [-0.1, -0.05) is 45.5 Å². The number of likely N-dealkylation sites (tertiary alicyclic amines) is 1. The number of hydrogen-bond donors (Lipinski definition) is 0. The van der Waals surface area contributed by atoms with E-state index in [0.717, 1.165) is 36.9 Å². The highest BCUT2D eigenvalue weighted by molar-refractivity contribution is 5.97. The summed E-state index contributed by atoms with van der Waals surface area (Å²) in [6.07, 6.45) is 3.44. The molecule has 0 bridgehead atoms. The van der Waals surface area contributed by atoms with Crippen molar-refractivity contribution in [2.45, 2.75) is 40.0 Å². The topological polar surface area (TPSA) is 18.8 Å². The van der Waals surface area contributed by atoms with Crippen LogP contribution in [0, 0.1) is 5.41 Å². The lowest BCUT2D eigenvalue weighted by molar-refractivity contribution is 0.180. The first-order chi connectivity index (χ1) is 10.4. The maximum absolute atomic E-state index is 5.03. The van der Waals surface area contributed by atoms with Gasteiger partial charge >= 0.3 is 0 Å². The molecule has 0 amide bonds. The van der Waals surface area contributed by atoms with Crippen LogP contribution in [0.3, 0.4) is 0 Å². The van der Waals surface area contributed by atoms with E-state index in [0.29, 0.717) is 5.41 Å². The molecule has 3 nitrogen and oxygen atoms in total. The van der Waals surface area contributed by atoms with Gasteiger partial charge < -0.3 is 9.80 Å². The standard InChI is InChI=1S/C19H27N3/c1-6-15-8-7-9-16-14(2)21(5)18(20-17(15)16)22-12-10-19(3,4)11-13-22/h7-9H,2,6,10-13H2,1,3-5H3. The van der Waals surface area contributed by atoms with Gasteiger partial charge in [0.1, 0.15) is 0 Å². The first-order valence-electron chi connectivity index (χ1n) is 8.31. The van der Waals surface area contributed by atoms with Crippen LogP contribution in [0.15, 0.2) is 29.8 Å². The fourth-order valence-electron chi connectivity index (χ4n) is 3.31. The van der Waals surface area contributed by atoms with Crippen LogP contribution in [0.5, 0.6) is 0 Å². The molecule has 118 valence electrons.